The van der Waals surface area contributed by atoms with Crippen molar-refractivity contribution in [1.29, 1.82) is 0 Å². The van der Waals surface area contributed by atoms with E-state index in [4.69, 9.17) is 11.5 Å². The largest absolute Gasteiger partial charge is 0.416 e. The highest BCUT2D eigenvalue weighted by atomic mass is 35.5. The van der Waals surface area contributed by atoms with Crippen LogP contribution in [0.5, 0.6) is 0 Å². The SMILES string of the molecule is CN(C)Cc1cc(F)ccc1Sc1ccc(C(F)(F)F)cc1N.CN(C)Cc1cc(F)ccc1Sc1ccc(C(F)(F)F)cc1N.Cl.Cl.Cl.Cl.O. The van der Waals surface area contributed by atoms with Gasteiger partial charge in [0.2, 0.25) is 0 Å². The molecule has 0 spiro atoms. The Morgan fingerprint density at radius 2 is 0.804 bits per heavy atom. The highest BCUT2D eigenvalue weighted by molar-refractivity contribution is 7.99. The van der Waals surface area contributed by atoms with Crippen molar-refractivity contribution in [3.05, 3.63) is 107 Å². The molecule has 0 radical (unpaired) electrons. The van der Waals surface area contributed by atoms with Gasteiger partial charge >= 0.3 is 12.4 Å². The van der Waals surface area contributed by atoms with Crippen LogP contribution in [0, 0.1) is 11.6 Å². The van der Waals surface area contributed by atoms with Gasteiger partial charge in [0.05, 0.1) is 11.1 Å². The molecule has 0 aromatic heterocycles. The predicted octanol–water partition coefficient (Wildman–Crippen LogP) is 10.1. The molecule has 51 heavy (non-hydrogen) atoms. The fourth-order valence-corrected chi connectivity index (χ4v) is 5.98. The maximum atomic E-state index is 13.4. The third-order valence-electron chi connectivity index (χ3n) is 6.13. The average Bonchev–Trinajstić information content (AvgIpc) is 2.92. The molecule has 0 bridgehead atoms. The van der Waals surface area contributed by atoms with E-state index in [1.807, 2.05) is 38.0 Å². The Morgan fingerprint density at radius 1 is 0.510 bits per heavy atom. The summed E-state index contributed by atoms with van der Waals surface area (Å²) in [4.78, 5) is 6.29. The summed E-state index contributed by atoms with van der Waals surface area (Å²) in [5.41, 5.74) is 11.5. The van der Waals surface area contributed by atoms with E-state index in [0.717, 1.165) is 45.2 Å². The van der Waals surface area contributed by atoms with Gasteiger partial charge in [-0.25, -0.2) is 8.78 Å². The minimum absolute atomic E-state index is 0. The number of hydrogen-bond donors (Lipinski definition) is 2. The lowest BCUT2D eigenvalue weighted by molar-refractivity contribution is -0.138. The molecule has 4 aromatic carbocycles. The second kappa shape index (κ2) is 22.7. The number of benzene rings is 4. The van der Waals surface area contributed by atoms with Crippen LogP contribution in [0.4, 0.5) is 46.5 Å². The number of nitrogens with two attached hydrogens (primary N) is 2. The van der Waals surface area contributed by atoms with E-state index in [1.165, 1.54) is 59.9 Å². The van der Waals surface area contributed by atoms with Crippen molar-refractivity contribution in [3.8, 4) is 0 Å². The fraction of sp³-hybridized carbons (Fsp3) is 0.250. The molecule has 0 aliphatic carbocycles. The molecule has 0 fully saturated rings. The summed E-state index contributed by atoms with van der Waals surface area (Å²) in [6.07, 6.45) is -8.85. The number of halogens is 12. The molecule has 0 amide bonds. The van der Waals surface area contributed by atoms with Crippen LogP contribution >= 0.6 is 73.2 Å². The molecule has 5 nitrogen and oxygen atoms in total. The van der Waals surface area contributed by atoms with Crippen molar-refractivity contribution in [2.24, 2.45) is 0 Å². The van der Waals surface area contributed by atoms with Crippen LogP contribution in [-0.2, 0) is 25.4 Å². The van der Waals surface area contributed by atoms with Gasteiger partial charge in [-0.3, -0.25) is 0 Å². The Kier molecular flexibility index (Phi) is 23.6. The third-order valence-corrected chi connectivity index (χ3v) is 8.55. The Hall–Kier alpha value is -2.34. The van der Waals surface area contributed by atoms with Crippen LogP contribution in [-0.4, -0.2) is 43.5 Å². The van der Waals surface area contributed by atoms with Crippen LogP contribution < -0.4 is 11.5 Å². The Morgan fingerprint density at radius 3 is 1.06 bits per heavy atom. The molecule has 19 heteroatoms. The molecule has 0 unspecified atom stereocenters. The van der Waals surface area contributed by atoms with Crippen LogP contribution in [0.2, 0.25) is 0 Å². The highest BCUT2D eigenvalue weighted by Gasteiger charge is 2.31. The van der Waals surface area contributed by atoms with E-state index in [2.05, 4.69) is 0 Å². The molecule has 0 saturated heterocycles. The van der Waals surface area contributed by atoms with E-state index < -0.39 is 23.5 Å². The number of nitrogens with zero attached hydrogens (tertiary/aromatic N) is 2. The normalized spacial score (nSPS) is 10.8. The Labute approximate surface area is 324 Å². The molecular formula is C32H38Cl4F8N4OS2. The van der Waals surface area contributed by atoms with E-state index in [-0.39, 0.29) is 78.1 Å². The molecule has 4 rings (SSSR count). The summed E-state index contributed by atoms with van der Waals surface area (Å²) in [6.45, 7) is 1.03. The van der Waals surface area contributed by atoms with Crippen LogP contribution in [0.3, 0.4) is 0 Å². The minimum atomic E-state index is -4.43. The van der Waals surface area contributed by atoms with E-state index in [0.29, 0.717) is 22.9 Å². The van der Waals surface area contributed by atoms with E-state index in [1.54, 1.807) is 12.1 Å². The molecule has 0 aliphatic heterocycles. The fourth-order valence-electron chi connectivity index (χ4n) is 4.10. The lowest BCUT2D eigenvalue weighted by Crippen LogP contribution is -2.11. The van der Waals surface area contributed by atoms with Gasteiger partial charge in [-0.2, -0.15) is 26.3 Å². The van der Waals surface area contributed by atoms with Crippen molar-refractivity contribution in [2.45, 2.75) is 45.0 Å². The Balaban J connectivity index is -0.000000823. The first kappa shape index (κ1) is 53.0. The molecule has 0 saturated carbocycles. The summed E-state index contributed by atoms with van der Waals surface area (Å²) in [5, 5.41) is 0. The van der Waals surface area contributed by atoms with Crippen molar-refractivity contribution < 1.29 is 40.6 Å². The molecule has 0 atom stereocenters. The van der Waals surface area contributed by atoms with Gasteiger partial charge in [0.1, 0.15) is 11.6 Å². The first-order valence-electron chi connectivity index (χ1n) is 13.5. The van der Waals surface area contributed by atoms with Crippen LogP contribution in [0.1, 0.15) is 22.3 Å². The topological polar surface area (TPSA) is 90.0 Å². The van der Waals surface area contributed by atoms with E-state index >= 15 is 0 Å². The summed E-state index contributed by atoms with van der Waals surface area (Å²) in [7, 11) is 7.41. The first-order chi connectivity index (χ1) is 21.3. The average molecular weight is 853 g/mol. The quantitative estimate of drug-likeness (QED) is 0.136. The standard InChI is InChI=1S/2C16H16F4N2S.4ClH.H2O/c2*1-22(2)9-10-7-12(17)4-6-14(10)23-15-5-3-11(8-13(15)21)16(18,19)20;;;;;/h2*3-8H,9,21H2,1-2H3;4*1H;1H2. The van der Waals surface area contributed by atoms with Gasteiger partial charge in [-0.1, -0.05) is 23.5 Å². The molecule has 0 aliphatic rings. The monoisotopic (exact) mass is 850 g/mol. The second-order valence-electron chi connectivity index (χ2n) is 10.7. The number of alkyl halides is 6. The van der Waals surface area contributed by atoms with Crippen LogP contribution in [0.25, 0.3) is 0 Å². The van der Waals surface area contributed by atoms with Crippen LogP contribution in [0.15, 0.2) is 92.4 Å². The minimum Gasteiger partial charge on any atom is -0.412 e. The van der Waals surface area contributed by atoms with E-state index in [9.17, 15) is 35.1 Å². The van der Waals surface area contributed by atoms with Crippen molar-refractivity contribution in [2.75, 3.05) is 39.7 Å². The zero-order chi connectivity index (χ0) is 34.4. The summed E-state index contributed by atoms with van der Waals surface area (Å²) < 4.78 is 103. The number of nitrogen functional groups attached to an aromatic ring is 2. The maximum absolute atomic E-state index is 13.4. The molecule has 288 valence electrons. The number of rotatable bonds is 8. The number of hydrogen-bond acceptors (Lipinski definition) is 6. The Bertz CT molecular complexity index is 1550. The van der Waals surface area contributed by atoms with Gasteiger partial charge in [0.15, 0.2) is 0 Å². The van der Waals surface area contributed by atoms with Crippen molar-refractivity contribution in [1.82, 2.24) is 9.80 Å². The van der Waals surface area contributed by atoms with Crippen molar-refractivity contribution in [3.63, 3.8) is 0 Å². The zero-order valence-electron chi connectivity index (χ0n) is 27.4. The summed E-state index contributed by atoms with van der Waals surface area (Å²) in [5.74, 6) is -0.710. The zero-order valence-corrected chi connectivity index (χ0v) is 32.3. The van der Waals surface area contributed by atoms with Gasteiger partial charge in [-0.05, 0) is 112 Å². The first-order valence-corrected chi connectivity index (χ1v) is 15.1. The second-order valence-corrected chi connectivity index (χ2v) is 12.9. The highest BCUT2D eigenvalue weighted by Crippen LogP contribution is 2.40. The lowest BCUT2D eigenvalue weighted by atomic mass is 10.2. The van der Waals surface area contributed by atoms with Gasteiger partial charge in [0, 0.05) is 44.0 Å². The predicted molar refractivity (Wildman–Crippen MR) is 200 cm³/mol. The molecule has 0 heterocycles. The third kappa shape index (κ3) is 16.5. The summed E-state index contributed by atoms with van der Waals surface area (Å²) in [6, 6.07) is 15.2. The van der Waals surface area contributed by atoms with Gasteiger partial charge in [-0.15, -0.1) is 49.6 Å². The molecule has 6 N–H and O–H groups in total. The molecular weight excluding hydrogens is 814 g/mol. The lowest BCUT2D eigenvalue weighted by Gasteiger charge is -2.15. The number of anilines is 2. The maximum Gasteiger partial charge on any atom is 0.416 e. The van der Waals surface area contributed by atoms with Crippen molar-refractivity contribution >= 4 is 84.5 Å². The van der Waals surface area contributed by atoms with Gasteiger partial charge in [0.25, 0.3) is 0 Å². The summed E-state index contributed by atoms with van der Waals surface area (Å²) >= 11 is 2.45. The van der Waals surface area contributed by atoms with Gasteiger partial charge < -0.3 is 26.7 Å². The molecule has 4 aromatic rings. The smallest absolute Gasteiger partial charge is 0.412 e.